The Balaban J connectivity index is 1.40. The molecule has 188 valence electrons. The zero-order valence-corrected chi connectivity index (χ0v) is 21.8. The Morgan fingerprint density at radius 3 is 1.82 bits per heavy atom. The van der Waals surface area contributed by atoms with E-state index in [-0.39, 0.29) is 7.48 Å². The van der Waals surface area contributed by atoms with Crippen LogP contribution in [0.15, 0.2) is 140 Å². The summed E-state index contributed by atoms with van der Waals surface area (Å²) in [5.74, 6) is 0. The van der Waals surface area contributed by atoms with Crippen LogP contribution in [0.25, 0.3) is 66.1 Å². The smallest absolute Gasteiger partial charge is 0.304 e. The number of para-hydroxylation sites is 3. The minimum absolute atomic E-state index is 0.0447. The Bertz CT molecular complexity index is 2190. The lowest BCUT2D eigenvalue weighted by molar-refractivity contribution is 0.615. The molecule has 0 saturated heterocycles. The van der Waals surface area contributed by atoms with Crippen LogP contribution in [-0.2, 0) is 0 Å². The molecule has 2 aromatic heterocycles. The van der Waals surface area contributed by atoms with Crippen molar-refractivity contribution < 1.29 is 5.02 Å². The summed E-state index contributed by atoms with van der Waals surface area (Å²) in [5.41, 5.74) is 10.3. The van der Waals surface area contributed by atoms with Gasteiger partial charge in [-0.25, -0.2) is 0 Å². The summed E-state index contributed by atoms with van der Waals surface area (Å²) < 4.78 is 4.69. The van der Waals surface area contributed by atoms with Crippen LogP contribution in [0.2, 0.25) is 0 Å². The third kappa shape index (κ3) is 3.37. The van der Waals surface area contributed by atoms with Crippen molar-refractivity contribution in [3.8, 4) is 22.5 Å². The van der Waals surface area contributed by atoms with Crippen LogP contribution < -0.4 is 5.46 Å². The van der Waals surface area contributed by atoms with Crippen LogP contribution in [0.5, 0.6) is 0 Å². The summed E-state index contributed by atoms with van der Waals surface area (Å²) in [7, 11) is 0.0447. The fraction of sp³-hybridized carbons (Fsp3) is 0. The van der Waals surface area contributed by atoms with Gasteiger partial charge < -0.3 is 14.2 Å². The molecule has 0 atom stereocenters. The van der Waals surface area contributed by atoms with Gasteiger partial charge in [-0.15, -0.1) is 0 Å². The molecule has 8 aromatic rings. The highest BCUT2D eigenvalue weighted by molar-refractivity contribution is 6.45. The van der Waals surface area contributed by atoms with E-state index in [0.717, 1.165) is 16.8 Å². The van der Waals surface area contributed by atoms with E-state index in [1.165, 1.54) is 54.7 Å². The van der Waals surface area contributed by atoms with Crippen molar-refractivity contribution in [1.82, 2.24) is 9.13 Å². The van der Waals surface area contributed by atoms with Crippen LogP contribution in [0.1, 0.15) is 0 Å². The quantitative estimate of drug-likeness (QED) is 0.243. The maximum absolute atomic E-state index is 9.54. The number of rotatable bonds is 4. The van der Waals surface area contributed by atoms with Crippen molar-refractivity contribution in [2.75, 3.05) is 0 Å². The second kappa shape index (κ2) is 9.01. The van der Waals surface area contributed by atoms with Crippen LogP contribution in [0.4, 0.5) is 0 Å². The molecular weight excluding hydrogens is 487 g/mol. The Labute approximate surface area is 232 Å². The Kier molecular flexibility index (Phi) is 5.16. The van der Waals surface area contributed by atoms with Gasteiger partial charge in [0.25, 0.3) is 0 Å². The van der Waals surface area contributed by atoms with E-state index in [2.05, 4.69) is 137 Å². The number of hydrogen-bond donors (Lipinski definition) is 1. The molecule has 0 radical (unpaired) electrons. The van der Waals surface area contributed by atoms with Gasteiger partial charge >= 0.3 is 7.48 Å². The summed E-state index contributed by atoms with van der Waals surface area (Å²) >= 11 is 0. The lowest BCUT2D eigenvalue weighted by Crippen LogP contribution is -2.12. The molecule has 0 aliphatic rings. The number of fused-ring (bicyclic) bond motifs is 6. The number of aromatic nitrogens is 2. The monoisotopic (exact) mass is 512 g/mol. The lowest BCUT2D eigenvalue weighted by Gasteiger charge is -2.10. The predicted molar refractivity (Wildman–Crippen MR) is 170 cm³/mol. The van der Waals surface area contributed by atoms with Crippen LogP contribution >= 0.6 is 0 Å². The standard InChI is InChI=1S/C36H25BN2O/c40-37-25-18-20-27(21-19-25)38-32-14-6-4-11-29(32)31-23-24(17-22-34(31)38)28-13-8-16-35-36(28)30-12-5-7-15-33(30)39(35)26-9-2-1-3-10-26/h1-23,37,40H. The van der Waals surface area contributed by atoms with Gasteiger partial charge in [0.05, 0.1) is 22.1 Å². The van der Waals surface area contributed by atoms with Gasteiger partial charge in [-0.05, 0) is 65.7 Å². The highest BCUT2D eigenvalue weighted by Crippen LogP contribution is 2.40. The first-order valence-corrected chi connectivity index (χ1v) is 13.6. The Morgan fingerprint density at radius 1 is 0.450 bits per heavy atom. The van der Waals surface area contributed by atoms with E-state index in [1.807, 2.05) is 12.1 Å². The average molecular weight is 512 g/mol. The van der Waals surface area contributed by atoms with E-state index >= 15 is 0 Å². The molecule has 0 amide bonds. The SMILES string of the molecule is OBc1ccc(-n2c3ccccc3c3cc(-c4cccc5c4c4ccccc4n5-c4ccccc4)ccc32)cc1. The topological polar surface area (TPSA) is 30.1 Å². The molecule has 0 aliphatic carbocycles. The van der Waals surface area contributed by atoms with Gasteiger partial charge in [0.1, 0.15) is 0 Å². The zero-order chi connectivity index (χ0) is 26.6. The first-order chi connectivity index (χ1) is 19.8. The maximum atomic E-state index is 9.54. The Hall–Kier alpha value is -5.06. The van der Waals surface area contributed by atoms with Gasteiger partial charge in [0.15, 0.2) is 0 Å². The highest BCUT2D eigenvalue weighted by Gasteiger charge is 2.18. The molecule has 40 heavy (non-hydrogen) atoms. The van der Waals surface area contributed by atoms with Crippen molar-refractivity contribution in [2.45, 2.75) is 0 Å². The summed E-state index contributed by atoms with van der Waals surface area (Å²) in [6, 6.07) is 49.6. The fourth-order valence-corrected chi connectivity index (χ4v) is 6.28. The van der Waals surface area contributed by atoms with E-state index in [4.69, 9.17) is 0 Å². The fourth-order valence-electron chi connectivity index (χ4n) is 6.28. The van der Waals surface area contributed by atoms with E-state index in [0.29, 0.717) is 0 Å². The van der Waals surface area contributed by atoms with Crippen molar-refractivity contribution in [2.24, 2.45) is 0 Å². The molecule has 0 saturated carbocycles. The molecule has 3 nitrogen and oxygen atoms in total. The molecule has 1 N–H and O–H groups in total. The van der Waals surface area contributed by atoms with Crippen molar-refractivity contribution >= 4 is 56.6 Å². The summed E-state index contributed by atoms with van der Waals surface area (Å²) in [4.78, 5) is 0. The normalized spacial score (nSPS) is 11.6. The van der Waals surface area contributed by atoms with Gasteiger partial charge in [-0.2, -0.15) is 0 Å². The summed E-state index contributed by atoms with van der Waals surface area (Å²) in [6.07, 6.45) is 0. The number of hydrogen-bond acceptors (Lipinski definition) is 1. The lowest BCUT2D eigenvalue weighted by atomic mass is 9.89. The first-order valence-electron chi connectivity index (χ1n) is 13.6. The molecule has 0 unspecified atom stereocenters. The van der Waals surface area contributed by atoms with Gasteiger partial charge in [-0.1, -0.05) is 90.4 Å². The average Bonchev–Trinajstić information content (AvgIpc) is 3.54. The molecule has 0 fully saturated rings. The number of nitrogens with zero attached hydrogens (tertiary/aromatic N) is 2. The molecule has 0 aliphatic heterocycles. The second-order valence-corrected chi connectivity index (χ2v) is 10.3. The van der Waals surface area contributed by atoms with E-state index in [1.54, 1.807) is 0 Å². The third-order valence-electron chi connectivity index (χ3n) is 8.07. The largest absolute Gasteiger partial charge is 0.449 e. The second-order valence-electron chi connectivity index (χ2n) is 10.3. The zero-order valence-electron chi connectivity index (χ0n) is 21.8. The minimum Gasteiger partial charge on any atom is -0.449 e. The van der Waals surface area contributed by atoms with Crippen LogP contribution in [0, 0.1) is 0 Å². The van der Waals surface area contributed by atoms with Crippen LogP contribution in [0.3, 0.4) is 0 Å². The third-order valence-corrected chi connectivity index (χ3v) is 8.07. The van der Waals surface area contributed by atoms with Crippen LogP contribution in [-0.4, -0.2) is 21.6 Å². The van der Waals surface area contributed by atoms with Gasteiger partial charge in [-0.3, -0.25) is 0 Å². The Morgan fingerprint density at radius 2 is 1.05 bits per heavy atom. The molecular formula is C36H25BN2O. The molecule has 0 bridgehead atoms. The highest BCUT2D eigenvalue weighted by atomic mass is 16.2. The van der Waals surface area contributed by atoms with E-state index in [9.17, 15) is 5.02 Å². The molecule has 2 heterocycles. The minimum atomic E-state index is 0.0447. The molecule has 4 heteroatoms. The van der Waals surface area contributed by atoms with Crippen molar-refractivity contribution in [1.29, 1.82) is 0 Å². The van der Waals surface area contributed by atoms with Gasteiger partial charge in [0.2, 0.25) is 0 Å². The molecule has 0 spiro atoms. The van der Waals surface area contributed by atoms with Crippen molar-refractivity contribution in [3.63, 3.8) is 0 Å². The van der Waals surface area contributed by atoms with E-state index < -0.39 is 0 Å². The molecule has 8 rings (SSSR count). The van der Waals surface area contributed by atoms with Crippen molar-refractivity contribution in [3.05, 3.63) is 140 Å². The number of benzene rings is 6. The summed E-state index contributed by atoms with van der Waals surface area (Å²) in [5, 5.41) is 14.5. The summed E-state index contributed by atoms with van der Waals surface area (Å²) in [6.45, 7) is 0. The maximum Gasteiger partial charge on any atom is 0.304 e. The first kappa shape index (κ1) is 22.9. The molecule has 6 aromatic carbocycles. The predicted octanol–water partition coefficient (Wildman–Crippen LogP) is 7.52. The van der Waals surface area contributed by atoms with Gasteiger partial charge in [0, 0.05) is 32.9 Å².